The molecule has 16 heavy (non-hydrogen) atoms. The Balaban J connectivity index is 2.33. The van der Waals surface area contributed by atoms with Crippen molar-refractivity contribution in [1.82, 2.24) is 9.97 Å². The Kier molecular flexibility index (Phi) is 3.82. The Labute approximate surface area is 103 Å². The summed E-state index contributed by atoms with van der Waals surface area (Å²) in [4.78, 5) is 8.61. The summed E-state index contributed by atoms with van der Waals surface area (Å²) >= 11 is 6.80. The van der Waals surface area contributed by atoms with E-state index in [9.17, 15) is 0 Å². The van der Waals surface area contributed by atoms with Crippen LogP contribution in [-0.2, 0) is 11.3 Å². The first-order chi connectivity index (χ1) is 7.79. The fourth-order valence-electron chi connectivity index (χ4n) is 1.34. The maximum Gasteiger partial charge on any atom is 0.134 e. The van der Waals surface area contributed by atoms with Crippen molar-refractivity contribution in [2.45, 2.75) is 13.5 Å². The maximum atomic E-state index is 5.31. The normalized spacial score (nSPS) is 10.6. The highest BCUT2D eigenvalue weighted by molar-refractivity contribution is 7.71. The van der Waals surface area contributed by atoms with Crippen LogP contribution < -0.4 is 0 Å². The van der Waals surface area contributed by atoms with E-state index in [0.29, 0.717) is 17.9 Å². The number of hydrogen-bond donors (Lipinski definition) is 1. The molecule has 0 unspecified atom stereocenters. The van der Waals surface area contributed by atoms with Gasteiger partial charge in [-0.1, -0.05) is 18.3 Å². The van der Waals surface area contributed by atoms with E-state index >= 15 is 0 Å². The molecule has 0 atom stereocenters. The van der Waals surface area contributed by atoms with Crippen LogP contribution in [0, 0.1) is 4.64 Å². The Morgan fingerprint density at radius 3 is 3.12 bits per heavy atom. The molecule has 0 aromatic carbocycles. The average Bonchev–Trinajstić information content (AvgIpc) is 2.79. The molecule has 0 spiro atoms. The van der Waals surface area contributed by atoms with Crippen LogP contribution in [0.15, 0.2) is 23.6 Å². The topological polar surface area (TPSA) is 37.9 Å². The van der Waals surface area contributed by atoms with Gasteiger partial charge in [-0.25, -0.2) is 4.98 Å². The molecular weight excluding hydrogens is 240 g/mol. The molecule has 2 aromatic heterocycles. The van der Waals surface area contributed by atoms with Gasteiger partial charge < -0.3 is 9.72 Å². The van der Waals surface area contributed by atoms with Gasteiger partial charge in [0.25, 0.3) is 0 Å². The summed E-state index contributed by atoms with van der Waals surface area (Å²) in [5, 5.41) is 2.04. The number of ether oxygens (including phenoxy) is 1. The number of H-pyrrole nitrogens is 1. The largest absolute Gasteiger partial charge is 0.374 e. The van der Waals surface area contributed by atoms with Gasteiger partial charge in [0.15, 0.2) is 0 Å². The number of rotatable bonds is 4. The van der Waals surface area contributed by atoms with Gasteiger partial charge in [0.05, 0.1) is 10.6 Å². The molecule has 1 N–H and O–H groups in total. The standard InChI is InChI=1S/C11H12N2OS2/c1-2-14-7-10-12-8(6-11(15)13-10)9-4-3-5-16-9/h3-6H,2,7H2,1H3,(H,12,13,15). The summed E-state index contributed by atoms with van der Waals surface area (Å²) in [6, 6.07) is 5.94. The lowest BCUT2D eigenvalue weighted by Crippen LogP contribution is -2.00. The minimum Gasteiger partial charge on any atom is -0.374 e. The second-order valence-electron chi connectivity index (χ2n) is 3.19. The van der Waals surface area contributed by atoms with Gasteiger partial charge in [-0.2, -0.15) is 0 Å². The number of aromatic nitrogens is 2. The molecule has 0 bridgehead atoms. The van der Waals surface area contributed by atoms with Gasteiger partial charge in [0, 0.05) is 6.61 Å². The van der Waals surface area contributed by atoms with E-state index in [1.165, 1.54) is 0 Å². The highest BCUT2D eigenvalue weighted by atomic mass is 32.1. The summed E-state index contributed by atoms with van der Waals surface area (Å²) < 4.78 is 5.90. The second kappa shape index (κ2) is 5.34. The molecule has 2 aromatic rings. The predicted molar refractivity (Wildman–Crippen MR) is 68.1 cm³/mol. The summed E-state index contributed by atoms with van der Waals surface area (Å²) in [7, 11) is 0. The lowest BCUT2D eigenvalue weighted by atomic mass is 10.3. The van der Waals surface area contributed by atoms with Crippen molar-refractivity contribution in [2.24, 2.45) is 0 Å². The molecule has 0 saturated carbocycles. The van der Waals surface area contributed by atoms with E-state index < -0.39 is 0 Å². The van der Waals surface area contributed by atoms with Crippen LogP contribution in [0.5, 0.6) is 0 Å². The van der Waals surface area contributed by atoms with Crippen molar-refractivity contribution in [3.05, 3.63) is 34.0 Å². The van der Waals surface area contributed by atoms with Gasteiger partial charge >= 0.3 is 0 Å². The molecule has 0 aliphatic carbocycles. The molecule has 5 heteroatoms. The second-order valence-corrected chi connectivity index (χ2v) is 4.56. The first-order valence-corrected chi connectivity index (χ1v) is 6.30. The quantitative estimate of drug-likeness (QED) is 0.847. The minimum atomic E-state index is 0.472. The Bertz CT molecular complexity index is 505. The number of aromatic amines is 1. The van der Waals surface area contributed by atoms with E-state index in [-0.39, 0.29) is 0 Å². The number of nitrogens with one attached hydrogen (secondary N) is 1. The van der Waals surface area contributed by atoms with Crippen LogP contribution in [0.25, 0.3) is 10.6 Å². The zero-order valence-electron chi connectivity index (χ0n) is 8.90. The van der Waals surface area contributed by atoms with Gasteiger partial charge in [0.2, 0.25) is 0 Å². The van der Waals surface area contributed by atoms with Gasteiger partial charge in [-0.15, -0.1) is 11.3 Å². The summed E-state index contributed by atoms with van der Waals surface area (Å²) in [5.41, 5.74) is 1.00. The van der Waals surface area contributed by atoms with E-state index in [0.717, 1.165) is 16.4 Å². The minimum absolute atomic E-state index is 0.472. The van der Waals surface area contributed by atoms with Crippen molar-refractivity contribution in [3.8, 4) is 10.6 Å². The molecule has 0 saturated heterocycles. The fourth-order valence-corrected chi connectivity index (χ4v) is 2.27. The Morgan fingerprint density at radius 2 is 2.44 bits per heavy atom. The van der Waals surface area contributed by atoms with Crippen LogP contribution in [0.3, 0.4) is 0 Å². The van der Waals surface area contributed by atoms with Crippen LogP contribution in [0.1, 0.15) is 12.7 Å². The molecule has 0 radical (unpaired) electrons. The lowest BCUT2D eigenvalue weighted by molar-refractivity contribution is 0.128. The molecular formula is C11H12N2OS2. The average molecular weight is 252 g/mol. The van der Waals surface area contributed by atoms with Crippen molar-refractivity contribution in [3.63, 3.8) is 0 Å². The molecule has 0 aliphatic heterocycles. The zero-order valence-corrected chi connectivity index (χ0v) is 10.5. The third-order valence-corrected chi connectivity index (χ3v) is 3.13. The maximum absolute atomic E-state index is 5.31. The fraction of sp³-hybridized carbons (Fsp3) is 0.273. The van der Waals surface area contributed by atoms with Crippen molar-refractivity contribution in [1.29, 1.82) is 0 Å². The van der Waals surface area contributed by atoms with Gasteiger partial charge in [-0.3, -0.25) is 0 Å². The van der Waals surface area contributed by atoms with Crippen molar-refractivity contribution in [2.75, 3.05) is 6.61 Å². The van der Waals surface area contributed by atoms with Gasteiger partial charge in [0.1, 0.15) is 17.1 Å². The number of hydrogen-bond acceptors (Lipinski definition) is 4. The predicted octanol–water partition coefficient (Wildman–Crippen LogP) is 3.40. The molecule has 0 aliphatic rings. The van der Waals surface area contributed by atoms with E-state index in [2.05, 4.69) is 16.0 Å². The van der Waals surface area contributed by atoms with Crippen LogP contribution in [0.4, 0.5) is 0 Å². The SMILES string of the molecule is CCOCc1nc(=S)cc(-c2cccs2)[nH]1. The van der Waals surface area contributed by atoms with Crippen LogP contribution in [-0.4, -0.2) is 16.6 Å². The zero-order chi connectivity index (χ0) is 11.4. The van der Waals surface area contributed by atoms with Crippen molar-refractivity contribution < 1.29 is 4.74 Å². The van der Waals surface area contributed by atoms with E-state index in [1.54, 1.807) is 11.3 Å². The molecule has 3 nitrogen and oxygen atoms in total. The molecule has 2 heterocycles. The van der Waals surface area contributed by atoms with E-state index in [4.69, 9.17) is 17.0 Å². The summed E-state index contributed by atoms with van der Waals surface area (Å²) in [5.74, 6) is 0.776. The Hall–Kier alpha value is -1.04. The summed E-state index contributed by atoms with van der Waals surface area (Å²) in [6.45, 7) is 3.10. The number of thiophene rings is 1. The van der Waals surface area contributed by atoms with Crippen LogP contribution in [0.2, 0.25) is 0 Å². The Morgan fingerprint density at radius 1 is 1.56 bits per heavy atom. The van der Waals surface area contributed by atoms with Crippen LogP contribution >= 0.6 is 23.6 Å². The van der Waals surface area contributed by atoms with Gasteiger partial charge in [-0.05, 0) is 24.4 Å². The molecule has 0 fully saturated rings. The monoisotopic (exact) mass is 252 g/mol. The smallest absolute Gasteiger partial charge is 0.134 e. The highest BCUT2D eigenvalue weighted by Gasteiger charge is 2.02. The highest BCUT2D eigenvalue weighted by Crippen LogP contribution is 2.22. The number of nitrogens with zero attached hydrogens (tertiary/aromatic N) is 1. The van der Waals surface area contributed by atoms with E-state index in [1.807, 2.05) is 24.4 Å². The summed E-state index contributed by atoms with van der Waals surface area (Å²) in [6.07, 6.45) is 0. The molecule has 0 amide bonds. The lowest BCUT2D eigenvalue weighted by Gasteiger charge is -2.04. The third kappa shape index (κ3) is 2.75. The van der Waals surface area contributed by atoms with Crippen molar-refractivity contribution >= 4 is 23.6 Å². The first kappa shape index (κ1) is 11.4. The third-order valence-electron chi connectivity index (χ3n) is 2.02. The molecule has 84 valence electrons. The molecule has 2 rings (SSSR count). The first-order valence-electron chi connectivity index (χ1n) is 5.01.